The SMILES string of the molecule is C=CCOC1Cn2cc(Br)c(=O)c(OC)c2C(OC)C1(CCO[Si](c1ccccc1)(c1ccccc1)C(C)(C)C)OC. The highest BCUT2D eigenvalue weighted by molar-refractivity contribution is 9.10. The van der Waals surface area contributed by atoms with Gasteiger partial charge in [-0.3, -0.25) is 4.79 Å². The molecule has 1 aliphatic rings. The molecule has 0 fully saturated rings. The van der Waals surface area contributed by atoms with Crippen molar-refractivity contribution in [3.63, 3.8) is 0 Å². The lowest BCUT2D eigenvalue weighted by atomic mass is 9.81. The molecule has 226 valence electrons. The highest BCUT2D eigenvalue weighted by atomic mass is 79.9. The molecule has 0 bridgehead atoms. The summed E-state index contributed by atoms with van der Waals surface area (Å²) in [5.74, 6) is 0.215. The van der Waals surface area contributed by atoms with Crippen molar-refractivity contribution in [2.24, 2.45) is 0 Å². The zero-order valence-corrected chi connectivity index (χ0v) is 28.0. The molecule has 0 aliphatic carbocycles. The number of pyridine rings is 1. The van der Waals surface area contributed by atoms with Crippen molar-refractivity contribution >= 4 is 34.6 Å². The maximum absolute atomic E-state index is 13.1. The van der Waals surface area contributed by atoms with E-state index in [1.807, 2.05) is 16.7 Å². The Balaban J connectivity index is 1.82. The Hall–Kier alpha value is -2.53. The molecule has 3 atom stereocenters. The van der Waals surface area contributed by atoms with Crippen LogP contribution in [0.1, 0.15) is 39.0 Å². The summed E-state index contributed by atoms with van der Waals surface area (Å²) in [6.07, 6.45) is 2.82. The summed E-state index contributed by atoms with van der Waals surface area (Å²) >= 11 is 3.39. The Kier molecular flexibility index (Phi) is 10.3. The van der Waals surface area contributed by atoms with Crippen LogP contribution < -0.4 is 20.5 Å². The summed E-state index contributed by atoms with van der Waals surface area (Å²) < 4.78 is 34.2. The second-order valence-electron chi connectivity index (χ2n) is 11.5. The van der Waals surface area contributed by atoms with Crippen molar-refractivity contribution in [1.82, 2.24) is 4.57 Å². The van der Waals surface area contributed by atoms with Crippen molar-refractivity contribution in [3.05, 3.63) is 99.9 Å². The van der Waals surface area contributed by atoms with Gasteiger partial charge in [0.2, 0.25) is 5.43 Å². The van der Waals surface area contributed by atoms with Gasteiger partial charge in [-0.25, -0.2) is 0 Å². The number of methoxy groups -OCH3 is 3. The van der Waals surface area contributed by atoms with Gasteiger partial charge in [0, 0.05) is 33.4 Å². The van der Waals surface area contributed by atoms with Crippen LogP contribution in [-0.4, -0.2) is 59.1 Å². The number of hydrogen-bond acceptors (Lipinski definition) is 6. The molecule has 0 N–H and O–H groups in total. The van der Waals surface area contributed by atoms with Crippen LogP contribution in [0, 0.1) is 0 Å². The minimum absolute atomic E-state index is 0.183. The topological polar surface area (TPSA) is 68.2 Å². The Morgan fingerprint density at radius 2 is 1.64 bits per heavy atom. The molecule has 0 spiro atoms. The first-order valence-corrected chi connectivity index (χ1v) is 16.8. The summed E-state index contributed by atoms with van der Waals surface area (Å²) in [4.78, 5) is 13.1. The van der Waals surface area contributed by atoms with E-state index in [-0.39, 0.29) is 16.2 Å². The minimum Gasteiger partial charge on any atom is -0.491 e. The lowest BCUT2D eigenvalue weighted by Gasteiger charge is -2.49. The normalized spacial score (nSPS) is 20.6. The van der Waals surface area contributed by atoms with Crippen molar-refractivity contribution in [1.29, 1.82) is 0 Å². The molecule has 9 heteroatoms. The second kappa shape index (κ2) is 13.4. The van der Waals surface area contributed by atoms with Crippen LogP contribution >= 0.6 is 15.9 Å². The number of rotatable bonds is 12. The number of fused-ring (bicyclic) bond motifs is 1. The van der Waals surface area contributed by atoms with Crippen LogP contribution in [0.3, 0.4) is 0 Å². The molecule has 3 unspecified atom stereocenters. The molecular weight excluding hydrogens is 614 g/mol. The molecule has 0 amide bonds. The number of nitrogens with zero attached hydrogens (tertiary/aromatic N) is 1. The Bertz CT molecular complexity index is 1370. The maximum atomic E-state index is 13.1. The summed E-state index contributed by atoms with van der Waals surface area (Å²) in [7, 11) is 1.98. The third-order valence-corrected chi connectivity index (χ3v) is 13.9. The van der Waals surface area contributed by atoms with Crippen molar-refractivity contribution in [2.45, 2.75) is 56.6 Å². The molecular formula is C33H42BrNO6Si. The highest BCUT2D eigenvalue weighted by Gasteiger charge is 2.55. The van der Waals surface area contributed by atoms with Gasteiger partial charge in [0.25, 0.3) is 8.32 Å². The molecule has 2 heterocycles. The zero-order valence-electron chi connectivity index (χ0n) is 25.4. The molecule has 2 aromatic carbocycles. The predicted molar refractivity (Wildman–Crippen MR) is 173 cm³/mol. The average Bonchev–Trinajstić information content (AvgIpc) is 2.99. The fourth-order valence-corrected chi connectivity index (χ4v) is 11.4. The average molecular weight is 657 g/mol. The zero-order chi connectivity index (χ0) is 30.5. The third kappa shape index (κ3) is 5.70. The highest BCUT2D eigenvalue weighted by Crippen LogP contribution is 2.46. The van der Waals surface area contributed by atoms with Gasteiger partial charge in [-0.1, -0.05) is 87.5 Å². The van der Waals surface area contributed by atoms with Gasteiger partial charge in [0.15, 0.2) is 5.75 Å². The van der Waals surface area contributed by atoms with Gasteiger partial charge in [0.05, 0.1) is 30.4 Å². The number of hydrogen-bond donors (Lipinski definition) is 0. The minimum atomic E-state index is -2.80. The van der Waals surface area contributed by atoms with E-state index in [9.17, 15) is 4.79 Å². The van der Waals surface area contributed by atoms with E-state index in [0.29, 0.717) is 36.3 Å². The van der Waals surface area contributed by atoms with E-state index < -0.39 is 26.1 Å². The molecule has 3 aromatic rings. The van der Waals surface area contributed by atoms with E-state index in [0.717, 1.165) is 0 Å². The van der Waals surface area contributed by atoms with E-state index in [1.165, 1.54) is 17.5 Å². The van der Waals surface area contributed by atoms with E-state index in [1.54, 1.807) is 26.5 Å². The maximum Gasteiger partial charge on any atom is 0.261 e. The van der Waals surface area contributed by atoms with Gasteiger partial charge < -0.3 is 27.9 Å². The molecule has 0 radical (unpaired) electrons. The van der Waals surface area contributed by atoms with Gasteiger partial charge in [-0.05, 0) is 31.3 Å². The van der Waals surface area contributed by atoms with Crippen LogP contribution in [0.2, 0.25) is 5.04 Å². The van der Waals surface area contributed by atoms with Crippen molar-refractivity contribution < 1.29 is 23.4 Å². The molecule has 7 nitrogen and oxygen atoms in total. The lowest BCUT2D eigenvalue weighted by Crippen LogP contribution is -2.67. The number of benzene rings is 2. The van der Waals surface area contributed by atoms with Crippen molar-refractivity contribution in [3.8, 4) is 5.75 Å². The van der Waals surface area contributed by atoms with E-state index >= 15 is 0 Å². The van der Waals surface area contributed by atoms with E-state index in [4.69, 9.17) is 23.4 Å². The first-order valence-electron chi connectivity index (χ1n) is 14.1. The summed E-state index contributed by atoms with van der Waals surface area (Å²) in [6, 6.07) is 21.1. The molecule has 0 saturated carbocycles. The van der Waals surface area contributed by atoms with E-state index in [2.05, 4.69) is 91.8 Å². The number of halogens is 1. The standard InChI is InChI=1S/C33H42BrNO6Si/c1-8-20-40-27-23-35-22-26(34)29(36)30(37-5)28(35)31(38-6)33(27,39-7)19-21-41-42(32(2,3)4,24-15-11-9-12-16-24)25-17-13-10-14-18-25/h8-18,22,27,31H,1,19-21,23H2,2-7H3. The van der Waals surface area contributed by atoms with Crippen LogP contribution in [-0.2, 0) is 25.2 Å². The third-order valence-electron chi connectivity index (χ3n) is 8.30. The fraction of sp³-hybridized carbons (Fsp3) is 0.424. The quantitative estimate of drug-likeness (QED) is 0.196. The summed E-state index contributed by atoms with van der Waals surface area (Å²) in [5.41, 5.74) is -0.625. The Labute approximate surface area is 258 Å². The number of aromatic nitrogens is 1. The first-order chi connectivity index (χ1) is 20.1. The molecule has 1 aliphatic heterocycles. The smallest absolute Gasteiger partial charge is 0.261 e. The monoisotopic (exact) mass is 655 g/mol. The largest absolute Gasteiger partial charge is 0.491 e. The summed E-state index contributed by atoms with van der Waals surface area (Å²) in [5, 5.41) is 2.21. The molecule has 4 rings (SSSR count). The molecule has 1 aromatic heterocycles. The van der Waals surface area contributed by atoms with Gasteiger partial charge in [-0.2, -0.15) is 0 Å². The Morgan fingerprint density at radius 1 is 1.05 bits per heavy atom. The van der Waals surface area contributed by atoms with Crippen LogP contribution in [0.4, 0.5) is 0 Å². The van der Waals surface area contributed by atoms with Crippen LogP contribution in [0.25, 0.3) is 0 Å². The molecule has 0 saturated heterocycles. The molecule has 42 heavy (non-hydrogen) atoms. The van der Waals surface area contributed by atoms with Crippen LogP contribution in [0.15, 0.2) is 88.8 Å². The van der Waals surface area contributed by atoms with Gasteiger partial charge >= 0.3 is 0 Å². The first kappa shape index (κ1) is 32.4. The van der Waals surface area contributed by atoms with Crippen LogP contribution in [0.5, 0.6) is 5.75 Å². The Morgan fingerprint density at radius 3 is 2.12 bits per heavy atom. The van der Waals surface area contributed by atoms with Crippen molar-refractivity contribution in [2.75, 3.05) is 34.5 Å². The van der Waals surface area contributed by atoms with Gasteiger partial charge in [-0.15, -0.1) is 6.58 Å². The predicted octanol–water partition coefficient (Wildman–Crippen LogP) is 5.24. The fourth-order valence-electron chi connectivity index (χ4n) is 6.42. The number of ether oxygens (including phenoxy) is 4. The second-order valence-corrected chi connectivity index (χ2v) is 16.7. The van der Waals surface area contributed by atoms with Gasteiger partial charge in [0.1, 0.15) is 17.8 Å². The lowest BCUT2D eigenvalue weighted by molar-refractivity contribution is -0.213. The summed E-state index contributed by atoms with van der Waals surface area (Å²) in [6.45, 7) is 11.7.